The van der Waals surface area contributed by atoms with E-state index in [9.17, 15) is 0 Å². The topological polar surface area (TPSA) is 81.7 Å². The lowest BCUT2D eigenvalue weighted by Crippen LogP contribution is -2.03. The van der Waals surface area contributed by atoms with Gasteiger partial charge in [0.1, 0.15) is 12.1 Å². The van der Waals surface area contributed by atoms with E-state index in [1.54, 1.807) is 17.2 Å². The molecule has 0 radical (unpaired) electrons. The molecule has 6 nitrogen and oxygen atoms in total. The summed E-state index contributed by atoms with van der Waals surface area (Å²) in [6, 6.07) is 8.21. The van der Waals surface area contributed by atoms with Crippen molar-refractivity contribution >= 4 is 16.9 Å². The molecule has 20 heavy (non-hydrogen) atoms. The van der Waals surface area contributed by atoms with Crippen LogP contribution in [-0.2, 0) is 20.1 Å². The minimum Gasteiger partial charge on any atom is -0.365 e. The average molecular weight is 268 g/mol. The highest BCUT2D eigenvalue weighted by Crippen LogP contribution is 2.18. The Morgan fingerprint density at radius 3 is 2.65 bits per heavy atom. The first-order valence-electron chi connectivity index (χ1n) is 6.42. The molecule has 102 valence electrons. The minimum absolute atomic E-state index is 0.565. The third-order valence-corrected chi connectivity index (χ3v) is 3.25. The molecule has 6 heteroatoms. The number of hydrogen-bond donors (Lipinski definition) is 2. The van der Waals surface area contributed by atoms with E-state index in [1.165, 1.54) is 5.56 Å². The largest absolute Gasteiger partial charge is 0.365 e. The zero-order valence-electron chi connectivity index (χ0n) is 11.2. The Hall–Kier alpha value is -2.47. The average Bonchev–Trinajstić information content (AvgIpc) is 2.88. The van der Waals surface area contributed by atoms with E-state index in [-0.39, 0.29) is 0 Å². The van der Waals surface area contributed by atoms with Crippen molar-refractivity contribution in [2.45, 2.75) is 13.1 Å². The molecule has 0 saturated heterocycles. The van der Waals surface area contributed by atoms with Gasteiger partial charge >= 0.3 is 0 Å². The zero-order valence-corrected chi connectivity index (χ0v) is 11.2. The second-order valence-corrected chi connectivity index (χ2v) is 4.60. The Morgan fingerprint density at radius 2 is 1.90 bits per heavy atom. The third-order valence-electron chi connectivity index (χ3n) is 3.25. The quantitative estimate of drug-likeness (QED) is 0.748. The number of aromatic nitrogens is 4. The van der Waals surface area contributed by atoms with Gasteiger partial charge in [0.15, 0.2) is 5.65 Å². The summed E-state index contributed by atoms with van der Waals surface area (Å²) < 4.78 is 1.73. The van der Waals surface area contributed by atoms with Gasteiger partial charge in [-0.25, -0.2) is 9.97 Å². The van der Waals surface area contributed by atoms with Gasteiger partial charge in [-0.15, -0.1) is 0 Å². The maximum absolute atomic E-state index is 5.59. The molecule has 0 aliphatic heterocycles. The summed E-state index contributed by atoms with van der Waals surface area (Å²) in [6.45, 7) is 1.27. The SMILES string of the molecule is Cn1ncc2c(NCc3ccc(CN)cc3)ncnc21. The maximum atomic E-state index is 5.59. The van der Waals surface area contributed by atoms with Crippen molar-refractivity contribution < 1.29 is 0 Å². The molecular formula is C14H16N6. The summed E-state index contributed by atoms with van der Waals surface area (Å²) in [4.78, 5) is 8.49. The van der Waals surface area contributed by atoms with Gasteiger partial charge in [-0.2, -0.15) is 5.10 Å². The number of anilines is 1. The number of nitrogens with one attached hydrogen (secondary N) is 1. The van der Waals surface area contributed by atoms with E-state index in [1.807, 2.05) is 19.2 Å². The Labute approximate surface area is 116 Å². The fraction of sp³-hybridized carbons (Fsp3) is 0.214. The van der Waals surface area contributed by atoms with Gasteiger partial charge in [-0.3, -0.25) is 4.68 Å². The summed E-state index contributed by atoms with van der Waals surface area (Å²) >= 11 is 0. The van der Waals surface area contributed by atoms with E-state index < -0.39 is 0 Å². The molecule has 0 aliphatic rings. The van der Waals surface area contributed by atoms with Gasteiger partial charge in [0.2, 0.25) is 0 Å². The Balaban J connectivity index is 1.79. The first-order valence-corrected chi connectivity index (χ1v) is 6.42. The number of benzene rings is 1. The highest BCUT2D eigenvalue weighted by atomic mass is 15.3. The second kappa shape index (κ2) is 5.26. The predicted molar refractivity (Wildman–Crippen MR) is 78.0 cm³/mol. The lowest BCUT2D eigenvalue weighted by Gasteiger charge is -2.07. The Kier molecular flexibility index (Phi) is 3.30. The first-order chi connectivity index (χ1) is 9.78. The summed E-state index contributed by atoms with van der Waals surface area (Å²) in [5.74, 6) is 0.797. The summed E-state index contributed by atoms with van der Waals surface area (Å²) in [5, 5.41) is 8.44. The van der Waals surface area contributed by atoms with Crippen LogP contribution < -0.4 is 11.1 Å². The van der Waals surface area contributed by atoms with Crippen LogP contribution in [0.5, 0.6) is 0 Å². The standard InChI is InChI=1S/C14H16N6/c1-20-14-12(8-19-20)13(17-9-18-14)16-7-11-4-2-10(6-15)3-5-11/h2-5,8-9H,6-7,15H2,1H3,(H,16,17,18). The number of hydrogen-bond acceptors (Lipinski definition) is 5. The molecule has 0 amide bonds. The molecule has 0 bridgehead atoms. The van der Waals surface area contributed by atoms with E-state index in [4.69, 9.17) is 5.73 Å². The smallest absolute Gasteiger partial charge is 0.163 e. The van der Waals surface area contributed by atoms with Crippen molar-refractivity contribution in [1.82, 2.24) is 19.7 Å². The minimum atomic E-state index is 0.565. The molecule has 0 unspecified atom stereocenters. The number of aryl methyl sites for hydroxylation is 1. The molecule has 0 spiro atoms. The van der Waals surface area contributed by atoms with Crippen LogP contribution in [0.1, 0.15) is 11.1 Å². The highest BCUT2D eigenvalue weighted by molar-refractivity contribution is 5.85. The van der Waals surface area contributed by atoms with E-state index in [2.05, 4.69) is 32.5 Å². The normalized spacial score (nSPS) is 10.9. The van der Waals surface area contributed by atoms with E-state index >= 15 is 0 Å². The highest BCUT2D eigenvalue weighted by Gasteiger charge is 2.07. The van der Waals surface area contributed by atoms with Crippen LogP contribution in [0.15, 0.2) is 36.8 Å². The molecule has 3 rings (SSSR count). The molecule has 2 heterocycles. The second-order valence-electron chi connectivity index (χ2n) is 4.60. The van der Waals surface area contributed by atoms with Crippen LogP contribution in [0.3, 0.4) is 0 Å². The number of fused-ring (bicyclic) bond motifs is 1. The third kappa shape index (κ3) is 2.33. The molecule has 0 saturated carbocycles. The van der Waals surface area contributed by atoms with Crippen molar-refractivity contribution in [2.24, 2.45) is 12.8 Å². The van der Waals surface area contributed by atoms with Gasteiger partial charge < -0.3 is 11.1 Å². The van der Waals surface area contributed by atoms with Gasteiger partial charge in [-0.1, -0.05) is 24.3 Å². The van der Waals surface area contributed by atoms with Crippen molar-refractivity contribution in [1.29, 1.82) is 0 Å². The summed E-state index contributed by atoms with van der Waals surface area (Å²) in [5.41, 5.74) is 8.72. The molecular weight excluding hydrogens is 252 g/mol. The van der Waals surface area contributed by atoms with Crippen LogP contribution in [-0.4, -0.2) is 19.7 Å². The fourth-order valence-corrected chi connectivity index (χ4v) is 2.08. The molecule has 3 aromatic rings. The van der Waals surface area contributed by atoms with Crippen LogP contribution >= 0.6 is 0 Å². The molecule has 0 atom stereocenters. The Bertz CT molecular complexity index is 716. The molecule has 2 aromatic heterocycles. The summed E-state index contributed by atoms with van der Waals surface area (Å²) in [7, 11) is 1.87. The van der Waals surface area contributed by atoms with Crippen LogP contribution in [0.2, 0.25) is 0 Å². The predicted octanol–water partition coefficient (Wildman–Crippen LogP) is 1.43. The van der Waals surface area contributed by atoms with Crippen LogP contribution in [0.25, 0.3) is 11.0 Å². The van der Waals surface area contributed by atoms with Gasteiger partial charge in [0.25, 0.3) is 0 Å². The van der Waals surface area contributed by atoms with Crippen molar-refractivity contribution in [2.75, 3.05) is 5.32 Å². The molecule has 1 aromatic carbocycles. The lowest BCUT2D eigenvalue weighted by atomic mass is 10.1. The van der Waals surface area contributed by atoms with E-state index in [0.29, 0.717) is 13.1 Å². The van der Waals surface area contributed by atoms with E-state index in [0.717, 1.165) is 22.4 Å². The lowest BCUT2D eigenvalue weighted by molar-refractivity contribution is 0.785. The fourth-order valence-electron chi connectivity index (χ4n) is 2.08. The van der Waals surface area contributed by atoms with Gasteiger partial charge in [0, 0.05) is 20.1 Å². The van der Waals surface area contributed by atoms with Gasteiger partial charge in [-0.05, 0) is 11.1 Å². The maximum Gasteiger partial charge on any atom is 0.163 e. The van der Waals surface area contributed by atoms with Crippen molar-refractivity contribution in [3.05, 3.63) is 47.9 Å². The van der Waals surface area contributed by atoms with Crippen LogP contribution in [0, 0.1) is 0 Å². The molecule has 3 N–H and O–H groups in total. The monoisotopic (exact) mass is 268 g/mol. The zero-order chi connectivity index (χ0) is 13.9. The molecule has 0 aliphatic carbocycles. The molecule has 0 fully saturated rings. The van der Waals surface area contributed by atoms with Crippen molar-refractivity contribution in [3.63, 3.8) is 0 Å². The van der Waals surface area contributed by atoms with Crippen LogP contribution in [0.4, 0.5) is 5.82 Å². The number of nitrogens with zero attached hydrogens (tertiary/aromatic N) is 4. The first kappa shape index (κ1) is 12.6. The summed E-state index contributed by atoms with van der Waals surface area (Å²) in [6.07, 6.45) is 3.32. The Morgan fingerprint density at radius 1 is 1.15 bits per heavy atom. The van der Waals surface area contributed by atoms with Gasteiger partial charge in [0.05, 0.1) is 11.6 Å². The van der Waals surface area contributed by atoms with Crippen molar-refractivity contribution in [3.8, 4) is 0 Å². The number of nitrogens with two attached hydrogens (primary N) is 1. The number of rotatable bonds is 4.